The first-order chi connectivity index (χ1) is 11.3. The molecule has 1 aromatic rings. The Morgan fingerprint density at radius 1 is 1.17 bits per heavy atom. The molecule has 0 unspecified atom stereocenters. The Balaban J connectivity index is 1.45. The average Bonchev–Trinajstić information content (AvgIpc) is 2.58. The Morgan fingerprint density at radius 3 is 2.70 bits per heavy atom. The number of likely N-dealkylation sites (tertiary alicyclic amines) is 1. The lowest BCUT2D eigenvalue weighted by Gasteiger charge is -2.46. The minimum Gasteiger partial charge on any atom is -0.381 e. The molecule has 0 saturated carbocycles. The summed E-state index contributed by atoms with van der Waals surface area (Å²) in [6.45, 7) is 5.10. The molecule has 2 amide bonds. The Labute approximate surface area is 137 Å². The maximum atomic E-state index is 12.0. The monoisotopic (exact) mass is 315 g/mol. The van der Waals surface area contributed by atoms with Gasteiger partial charge in [0.05, 0.1) is 5.54 Å². The second-order valence-electron chi connectivity index (χ2n) is 7.06. The molecule has 3 heterocycles. The molecule has 2 fully saturated rings. The fraction of sp³-hybridized carbons (Fsp3) is 0.611. The Bertz CT molecular complexity index is 575. The number of hydrogen-bond donors (Lipinski definition) is 2. The maximum Gasteiger partial charge on any atom is 0.319 e. The third-order valence-electron chi connectivity index (χ3n) is 5.61. The zero-order chi connectivity index (χ0) is 15.7. The Morgan fingerprint density at radius 2 is 1.91 bits per heavy atom. The Kier molecular flexibility index (Phi) is 3.99. The molecule has 124 valence electrons. The van der Waals surface area contributed by atoms with E-state index in [1.807, 2.05) is 12.1 Å². The van der Waals surface area contributed by atoms with E-state index in [-0.39, 0.29) is 11.6 Å². The van der Waals surface area contributed by atoms with Crippen molar-refractivity contribution >= 4 is 11.7 Å². The first-order valence-corrected chi connectivity index (χ1v) is 8.74. The molecular formula is C18H25N3O2. The predicted octanol–water partition coefficient (Wildman–Crippen LogP) is 2.54. The van der Waals surface area contributed by atoms with Crippen LogP contribution in [0.2, 0.25) is 0 Å². The molecule has 1 aromatic carbocycles. The summed E-state index contributed by atoms with van der Waals surface area (Å²) in [5, 5.41) is 6.15. The minimum absolute atomic E-state index is 0.0680. The summed E-state index contributed by atoms with van der Waals surface area (Å²) in [6, 6.07) is 8.13. The predicted molar refractivity (Wildman–Crippen MR) is 89.5 cm³/mol. The summed E-state index contributed by atoms with van der Waals surface area (Å²) >= 11 is 0. The van der Waals surface area contributed by atoms with Crippen LogP contribution in [-0.2, 0) is 10.3 Å². The van der Waals surface area contributed by atoms with Crippen LogP contribution in [0.1, 0.15) is 31.2 Å². The highest BCUT2D eigenvalue weighted by Gasteiger charge is 2.42. The van der Waals surface area contributed by atoms with Gasteiger partial charge < -0.3 is 20.3 Å². The number of carbonyl (C=O) groups is 1. The van der Waals surface area contributed by atoms with Crippen molar-refractivity contribution < 1.29 is 9.53 Å². The molecule has 3 aliphatic rings. The molecule has 2 saturated heterocycles. The molecule has 4 rings (SSSR count). The highest BCUT2D eigenvalue weighted by molar-refractivity contribution is 5.93. The van der Waals surface area contributed by atoms with Crippen molar-refractivity contribution in [2.75, 3.05) is 38.2 Å². The van der Waals surface area contributed by atoms with Gasteiger partial charge in [0, 0.05) is 44.1 Å². The number of nitrogens with zero attached hydrogens (tertiary/aromatic N) is 1. The van der Waals surface area contributed by atoms with Crippen molar-refractivity contribution in [3.05, 3.63) is 29.8 Å². The molecular weight excluding hydrogens is 290 g/mol. The summed E-state index contributed by atoms with van der Waals surface area (Å²) < 4.78 is 5.46. The molecule has 5 heteroatoms. The summed E-state index contributed by atoms with van der Waals surface area (Å²) in [6.07, 6.45) is 4.34. The van der Waals surface area contributed by atoms with Crippen LogP contribution < -0.4 is 10.6 Å². The number of rotatable bonds is 2. The lowest BCUT2D eigenvalue weighted by Crippen LogP contribution is -2.57. The zero-order valence-electron chi connectivity index (χ0n) is 13.5. The van der Waals surface area contributed by atoms with Crippen LogP contribution in [0.5, 0.6) is 0 Å². The van der Waals surface area contributed by atoms with Crippen LogP contribution >= 0.6 is 0 Å². The van der Waals surface area contributed by atoms with Gasteiger partial charge in [-0.15, -0.1) is 0 Å². The van der Waals surface area contributed by atoms with Crippen LogP contribution in [0, 0.1) is 5.92 Å². The van der Waals surface area contributed by atoms with Crippen molar-refractivity contribution in [3.63, 3.8) is 0 Å². The summed E-state index contributed by atoms with van der Waals surface area (Å²) in [7, 11) is 0. The average molecular weight is 315 g/mol. The van der Waals surface area contributed by atoms with E-state index < -0.39 is 0 Å². The summed E-state index contributed by atoms with van der Waals surface area (Å²) in [4.78, 5) is 14.6. The molecule has 0 aliphatic carbocycles. The molecule has 0 radical (unpaired) electrons. The van der Waals surface area contributed by atoms with Gasteiger partial charge >= 0.3 is 6.03 Å². The van der Waals surface area contributed by atoms with Crippen LogP contribution in [0.3, 0.4) is 0 Å². The van der Waals surface area contributed by atoms with Gasteiger partial charge in [0.1, 0.15) is 0 Å². The number of benzene rings is 1. The van der Waals surface area contributed by atoms with Gasteiger partial charge in [-0.3, -0.25) is 0 Å². The highest BCUT2D eigenvalue weighted by Crippen LogP contribution is 2.39. The van der Waals surface area contributed by atoms with Gasteiger partial charge in [-0.05, 0) is 37.7 Å². The molecule has 0 atom stereocenters. The molecule has 1 spiro atoms. The summed E-state index contributed by atoms with van der Waals surface area (Å²) in [5.41, 5.74) is 2.02. The van der Waals surface area contributed by atoms with Crippen molar-refractivity contribution in [1.29, 1.82) is 0 Å². The molecule has 0 aromatic heterocycles. The van der Waals surface area contributed by atoms with Crippen LogP contribution in [0.25, 0.3) is 0 Å². The van der Waals surface area contributed by atoms with Gasteiger partial charge in [0.2, 0.25) is 0 Å². The van der Waals surface area contributed by atoms with E-state index >= 15 is 0 Å². The highest BCUT2D eigenvalue weighted by atomic mass is 16.5. The number of nitrogens with one attached hydrogen (secondary N) is 2. The topological polar surface area (TPSA) is 53.6 Å². The lowest BCUT2D eigenvalue weighted by atomic mass is 9.78. The largest absolute Gasteiger partial charge is 0.381 e. The van der Waals surface area contributed by atoms with Crippen molar-refractivity contribution in [2.24, 2.45) is 5.92 Å². The van der Waals surface area contributed by atoms with Crippen molar-refractivity contribution in [2.45, 2.75) is 31.2 Å². The van der Waals surface area contributed by atoms with Gasteiger partial charge in [0.25, 0.3) is 0 Å². The second kappa shape index (κ2) is 6.13. The fourth-order valence-electron chi connectivity index (χ4n) is 4.25. The first kappa shape index (κ1) is 15.0. The smallest absolute Gasteiger partial charge is 0.319 e. The third kappa shape index (κ3) is 2.95. The van der Waals surface area contributed by atoms with Crippen molar-refractivity contribution in [1.82, 2.24) is 10.2 Å². The number of hydrogen-bond acceptors (Lipinski definition) is 3. The summed E-state index contributed by atoms with van der Waals surface area (Å²) in [5.74, 6) is 0.771. The molecule has 2 N–H and O–H groups in total. The first-order valence-electron chi connectivity index (χ1n) is 8.74. The van der Waals surface area contributed by atoms with E-state index in [0.717, 1.165) is 50.8 Å². The minimum atomic E-state index is -0.189. The van der Waals surface area contributed by atoms with Crippen LogP contribution in [0.4, 0.5) is 10.5 Å². The van der Waals surface area contributed by atoms with E-state index in [9.17, 15) is 4.79 Å². The molecule has 3 aliphatic heterocycles. The molecule has 0 bridgehead atoms. The van der Waals surface area contributed by atoms with Crippen LogP contribution in [0.15, 0.2) is 24.3 Å². The lowest BCUT2D eigenvalue weighted by molar-refractivity contribution is 0.0429. The van der Waals surface area contributed by atoms with Gasteiger partial charge in [-0.1, -0.05) is 18.2 Å². The van der Waals surface area contributed by atoms with Gasteiger partial charge in [0.15, 0.2) is 0 Å². The Hall–Kier alpha value is -1.59. The van der Waals surface area contributed by atoms with Gasteiger partial charge in [-0.25, -0.2) is 4.79 Å². The van der Waals surface area contributed by atoms with E-state index in [1.165, 1.54) is 24.9 Å². The maximum absolute atomic E-state index is 12.0. The number of para-hydroxylation sites is 1. The molecule has 5 nitrogen and oxygen atoms in total. The molecule has 23 heavy (non-hydrogen) atoms. The number of carbonyl (C=O) groups excluding carboxylic acids is 1. The zero-order valence-corrected chi connectivity index (χ0v) is 13.5. The number of anilines is 1. The SMILES string of the molecule is O=C1Nc2ccccc2C2(CCN(CC3CCOCC3)CC2)N1. The van der Waals surface area contributed by atoms with Gasteiger partial charge in [-0.2, -0.15) is 0 Å². The third-order valence-corrected chi connectivity index (χ3v) is 5.61. The van der Waals surface area contributed by atoms with E-state index in [0.29, 0.717) is 0 Å². The number of urea groups is 1. The standard InChI is InChI=1S/C18H25N3O2/c22-17-19-16-4-2-1-3-15(16)18(20-17)7-9-21(10-8-18)13-14-5-11-23-12-6-14/h1-4,14H,5-13H2,(H2,19,20,22). The fourth-order valence-corrected chi connectivity index (χ4v) is 4.25. The number of piperidine rings is 1. The number of amides is 2. The number of ether oxygens (including phenoxy) is 1. The van der Waals surface area contributed by atoms with E-state index in [2.05, 4.69) is 27.7 Å². The van der Waals surface area contributed by atoms with Crippen molar-refractivity contribution in [3.8, 4) is 0 Å². The van der Waals surface area contributed by atoms with E-state index in [4.69, 9.17) is 4.74 Å². The normalized spacial score (nSPS) is 24.8. The van der Waals surface area contributed by atoms with E-state index in [1.54, 1.807) is 0 Å². The van der Waals surface area contributed by atoms with Crippen LogP contribution in [-0.4, -0.2) is 43.8 Å². The second-order valence-corrected chi connectivity index (χ2v) is 7.06. The number of fused-ring (bicyclic) bond motifs is 2. The quantitative estimate of drug-likeness (QED) is 0.882.